The first kappa shape index (κ1) is 22.2. The van der Waals surface area contributed by atoms with Crippen molar-refractivity contribution in [3.05, 3.63) is 23.8 Å². The number of aliphatic carboxylic acids is 1. The van der Waals surface area contributed by atoms with E-state index >= 15 is 0 Å². The molecule has 4 aliphatic carbocycles. The summed E-state index contributed by atoms with van der Waals surface area (Å²) in [5.74, 6) is -1.34. The topological polar surface area (TPSA) is 121 Å². The maximum absolute atomic E-state index is 11.9. The van der Waals surface area contributed by atoms with Gasteiger partial charge in [-0.3, -0.25) is 14.4 Å². The van der Waals surface area contributed by atoms with Gasteiger partial charge in [-0.15, -0.1) is 0 Å². The molecule has 31 heavy (non-hydrogen) atoms. The van der Waals surface area contributed by atoms with Gasteiger partial charge in [0, 0.05) is 16.7 Å². The molecule has 0 amide bonds. The highest BCUT2D eigenvalue weighted by Gasteiger charge is 2.66. The van der Waals surface area contributed by atoms with E-state index in [2.05, 4.69) is 6.92 Å². The molecule has 3 saturated carbocycles. The van der Waals surface area contributed by atoms with Crippen molar-refractivity contribution in [1.82, 2.24) is 0 Å². The number of aliphatic hydroxyl groups is 2. The van der Waals surface area contributed by atoms with E-state index < -0.39 is 29.1 Å². The Morgan fingerprint density at radius 3 is 2.68 bits per heavy atom. The average Bonchev–Trinajstić information content (AvgIpc) is 2.96. The lowest BCUT2D eigenvalue weighted by Crippen LogP contribution is -2.60. The SMILES string of the molecule is CC12C=CC(=O)C=C1CCC1C2C(O)CC2(C)C1CCC2(O)COC(=O)CCC(=O)O. The number of carbonyl (C=O) groups excluding carboxylic acids is 2. The molecule has 7 atom stereocenters. The van der Waals surface area contributed by atoms with Gasteiger partial charge in [-0.25, -0.2) is 0 Å². The molecule has 0 saturated heterocycles. The standard InChI is InChI=1S/C24H32O7/c1-22-9-7-15(25)11-14(22)3-4-16-17-8-10-24(30,13-31-20(29)6-5-19(27)28)23(17,2)12-18(26)21(16)22/h7,9,11,16-18,21,26,30H,3-6,8,10,12-13H2,1-2H3,(H,27,28). The number of fused-ring (bicyclic) bond motifs is 5. The normalized spacial score (nSPS) is 43.5. The highest BCUT2D eigenvalue weighted by molar-refractivity contribution is 6.01. The molecule has 3 fully saturated rings. The van der Waals surface area contributed by atoms with Crippen molar-refractivity contribution < 1.29 is 34.4 Å². The van der Waals surface area contributed by atoms with E-state index in [4.69, 9.17) is 9.84 Å². The molecule has 7 unspecified atom stereocenters. The molecule has 3 N–H and O–H groups in total. The molecule has 0 heterocycles. The van der Waals surface area contributed by atoms with Crippen LogP contribution < -0.4 is 0 Å². The largest absolute Gasteiger partial charge is 0.481 e. The van der Waals surface area contributed by atoms with Crippen LogP contribution in [0, 0.1) is 28.6 Å². The van der Waals surface area contributed by atoms with Gasteiger partial charge >= 0.3 is 11.9 Å². The van der Waals surface area contributed by atoms with Crippen molar-refractivity contribution in [2.45, 2.75) is 70.5 Å². The van der Waals surface area contributed by atoms with Gasteiger partial charge in [0.2, 0.25) is 0 Å². The van der Waals surface area contributed by atoms with Crippen LogP contribution in [0.3, 0.4) is 0 Å². The van der Waals surface area contributed by atoms with E-state index in [1.54, 1.807) is 12.2 Å². The molecule has 4 rings (SSSR count). The number of ketones is 1. The first-order valence-corrected chi connectivity index (χ1v) is 11.2. The Kier molecular flexibility index (Phi) is 5.41. The molecular formula is C24H32O7. The maximum Gasteiger partial charge on any atom is 0.306 e. The van der Waals surface area contributed by atoms with Crippen molar-refractivity contribution in [3.8, 4) is 0 Å². The summed E-state index contributed by atoms with van der Waals surface area (Å²) < 4.78 is 5.29. The van der Waals surface area contributed by atoms with Crippen molar-refractivity contribution in [2.24, 2.45) is 28.6 Å². The van der Waals surface area contributed by atoms with E-state index in [-0.39, 0.29) is 48.4 Å². The Balaban J connectivity index is 1.54. The molecule has 0 bridgehead atoms. The van der Waals surface area contributed by atoms with Gasteiger partial charge in [-0.05, 0) is 56.1 Å². The molecule has 7 nitrogen and oxygen atoms in total. The summed E-state index contributed by atoms with van der Waals surface area (Å²) in [5.41, 5.74) is -1.13. The first-order chi connectivity index (χ1) is 14.5. The van der Waals surface area contributed by atoms with Crippen LogP contribution in [0.4, 0.5) is 0 Å². The average molecular weight is 433 g/mol. The molecule has 0 radical (unpaired) electrons. The molecule has 0 aromatic carbocycles. The van der Waals surface area contributed by atoms with E-state index in [9.17, 15) is 24.6 Å². The zero-order chi connectivity index (χ0) is 22.6. The van der Waals surface area contributed by atoms with Crippen LogP contribution in [-0.2, 0) is 19.1 Å². The van der Waals surface area contributed by atoms with Crippen LogP contribution >= 0.6 is 0 Å². The Morgan fingerprint density at radius 2 is 1.97 bits per heavy atom. The predicted molar refractivity (Wildman–Crippen MR) is 111 cm³/mol. The molecule has 0 aromatic rings. The van der Waals surface area contributed by atoms with Crippen LogP contribution in [0.15, 0.2) is 23.8 Å². The van der Waals surface area contributed by atoms with E-state index in [0.29, 0.717) is 12.8 Å². The minimum absolute atomic E-state index is 0.000943. The molecule has 0 aromatic heterocycles. The van der Waals surface area contributed by atoms with E-state index in [1.165, 1.54) is 0 Å². The summed E-state index contributed by atoms with van der Waals surface area (Å²) in [6.07, 6.45) is 7.42. The van der Waals surface area contributed by atoms with Gasteiger partial charge < -0.3 is 20.1 Å². The molecule has 170 valence electrons. The lowest BCUT2D eigenvalue weighted by Gasteiger charge is -2.59. The number of allylic oxidation sites excluding steroid dienone is 4. The molecule has 4 aliphatic rings. The van der Waals surface area contributed by atoms with Gasteiger partial charge in [0.1, 0.15) is 12.2 Å². The van der Waals surface area contributed by atoms with E-state index in [0.717, 1.165) is 24.8 Å². The number of hydrogen-bond acceptors (Lipinski definition) is 6. The summed E-state index contributed by atoms with van der Waals surface area (Å²) in [4.78, 5) is 34.5. The van der Waals surface area contributed by atoms with Crippen LogP contribution in [0.2, 0.25) is 0 Å². The van der Waals surface area contributed by atoms with Crippen LogP contribution in [0.5, 0.6) is 0 Å². The van der Waals surface area contributed by atoms with Crippen molar-refractivity contribution in [1.29, 1.82) is 0 Å². The van der Waals surface area contributed by atoms with Gasteiger partial charge in [-0.2, -0.15) is 0 Å². The fourth-order valence-corrected chi connectivity index (χ4v) is 7.14. The van der Waals surface area contributed by atoms with Crippen molar-refractivity contribution in [3.63, 3.8) is 0 Å². The van der Waals surface area contributed by atoms with Crippen LogP contribution in [-0.4, -0.2) is 51.4 Å². The predicted octanol–water partition coefficient (Wildman–Crippen LogP) is 2.40. The van der Waals surface area contributed by atoms with Gasteiger partial charge in [-0.1, -0.05) is 25.5 Å². The maximum atomic E-state index is 11.9. The monoisotopic (exact) mass is 432 g/mol. The van der Waals surface area contributed by atoms with Crippen LogP contribution in [0.1, 0.15) is 58.8 Å². The molecule has 0 aliphatic heterocycles. The Labute approximate surface area is 182 Å². The van der Waals surface area contributed by atoms with Crippen molar-refractivity contribution >= 4 is 17.7 Å². The number of esters is 1. The second-order valence-corrected chi connectivity index (χ2v) is 10.3. The molecule has 7 heteroatoms. The number of hydrogen-bond donors (Lipinski definition) is 3. The van der Waals surface area contributed by atoms with Crippen molar-refractivity contribution in [2.75, 3.05) is 6.61 Å². The zero-order valence-electron chi connectivity index (χ0n) is 18.2. The highest BCUT2D eigenvalue weighted by Crippen LogP contribution is 2.66. The molecular weight excluding hydrogens is 400 g/mol. The fourth-order valence-electron chi connectivity index (χ4n) is 7.14. The second kappa shape index (κ2) is 7.55. The third-order valence-electron chi connectivity index (χ3n) is 8.83. The van der Waals surface area contributed by atoms with Gasteiger partial charge in [0.05, 0.1) is 18.9 Å². The molecule has 0 spiro atoms. The Hall–Kier alpha value is -1.99. The number of rotatable bonds is 5. The summed E-state index contributed by atoms with van der Waals surface area (Å²) in [6.45, 7) is 3.92. The summed E-state index contributed by atoms with van der Waals surface area (Å²) in [7, 11) is 0. The number of ether oxygens (including phenoxy) is 1. The number of carboxylic acids is 1. The number of carboxylic acid groups (broad SMARTS) is 1. The minimum atomic E-state index is -1.25. The zero-order valence-corrected chi connectivity index (χ0v) is 18.2. The first-order valence-electron chi connectivity index (χ1n) is 11.2. The fraction of sp³-hybridized carbons (Fsp3) is 0.708. The summed E-state index contributed by atoms with van der Waals surface area (Å²) in [5, 5.41) is 31.6. The Bertz CT molecular complexity index is 860. The Morgan fingerprint density at radius 1 is 1.23 bits per heavy atom. The van der Waals surface area contributed by atoms with Gasteiger partial charge in [0.25, 0.3) is 0 Å². The highest BCUT2D eigenvalue weighted by atomic mass is 16.5. The number of carbonyl (C=O) groups is 3. The van der Waals surface area contributed by atoms with E-state index in [1.807, 2.05) is 13.0 Å². The third kappa shape index (κ3) is 3.46. The number of aliphatic hydroxyl groups excluding tert-OH is 1. The summed E-state index contributed by atoms with van der Waals surface area (Å²) in [6, 6.07) is 0. The lowest BCUT2D eigenvalue weighted by atomic mass is 9.46. The summed E-state index contributed by atoms with van der Waals surface area (Å²) >= 11 is 0. The smallest absolute Gasteiger partial charge is 0.306 e. The third-order valence-corrected chi connectivity index (χ3v) is 8.83. The lowest BCUT2D eigenvalue weighted by molar-refractivity contribution is -0.187. The quantitative estimate of drug-likeness (QED) is 0.570. The minimum Gasteiger partial charge on any atom is -0.481 e. The van der Waals surface area contributed by atoms with Gasteiger partial charge in [0.15, 0.2) is 5.78 Å². The second-order valence-electron chi connectivity index (χ2n) is 10.3. The van der Waals surface area contributed by atoms with Crippen LogP contribution in [0.25, 0.3) is 0 Å².